The summed E-state index contributed by atoms with van der Waals surface area (Å²) in [5, 5.41) is 0. The van der Waals surface area contributed by atoms with Gasteiger partial charge in [-0.3, -0.25) is 0 Å². The van der Waals surface area contributed by atoms with Crippen LogP contribution < -0.4 is 5.73 Å². The minimum absolute atomic E-state index is 0.184. The zero-order valence-electron chi connectivity index (χ0n) is 12.1. The van der Waals surface area contributed by atoms with Crippen LogP contribution in [0.1, 0.15) is 78.6 Å². The Hall–Kier alpha value is -0.0400. The first kappa shape index (κ1) is 13.4. The lowest BCUT2D eigenvalue weighted by molar-refractivity contribution is 0.0806. The molecule has 0 aromatic carbocycles. The first-order valence-electron chi connectivity index (χ1n) is 7.74. The molecule has 2 unspecified atom stereocenters. The van der Waals surface area contributed by atoms with Crippen molar-refractivity contribution in [3.05, 3.63) is 0 Å². The van der Waals surface area contributed by atoms with Crippen LogP contribution in [0.25, 0.3) is 0 Å². The van der Waals surface area contributed by atoms with Crippen LogP contribution in [0.2, 0.25) is 0 Å². The summed E-state index contributed by atoms with van der Waals surface area (Å²) in [5.41, 5.74) is 7.50. The van der Waals surface area contributed by atoms with Crippen LogP contribution in [0, 0.1) is 17.3 Å². The van der Waals surface area contributed by atoms with Crippen molar-refractivity contribution in [1.29, 1.82) is 0 Å². The van der Waals surface area contributed by atoms with E-state index in [9.17, 15) is 0 Å². The lowest BCUT2D eigenvalue weighted by Crippen LogP contribution is -2.52. The third-order valence-corrected chi connectivity index (χ3v) is 5.71. The van der Waals surface area contributed by atoms with Gasteiger partial charge in [-0.2, -0.15) is 0 Å². The molecule has 2 N–H and O–H groups in total. The Bertz CT molecular complexity index is 246. The quantitative estimate of drug-likeness (QED) is 0.752. The van der Waals surface area contributed by atoms with E-state index < -0.39 is 0 Å². The van der Waals surface area contributed by atoms with Crippen LogP contribution in [-0.2, 0) is 0 Å². The van der Waals surface area contributed by atoms with Gasteiger partial charge in [-0.25, -0.2) is 0 Å². The van der Waals surface area contributed by atoms with Gasteiger partial charge in [0.2, 0.25) is 0 Å². The lowest BCUT2D eigenvalue weighted by Gasteiger charge is -2.48. The van der Waals surface area contributed by atoms with Crippen LogP contribution >= 0.6 is 0 Å². The van der Waals surface area contributed by atoms with Gasteiger partial charge in [0.05, 0.1) is 0 Å². The maximum Gasteiger partial charge on any atom is 0.0183 e. The molecule has 0 spiro atoms. The largest absolute Gasteiger partial charge is 0.325 e. The topological polar surface area (TPSA) is 26.0 Å². The summed E-state index contributed by atoms with van der Waals surface area (Å²) in [6, 6.07) is 0. The van der Waals surface area contributed by atoms with E-state index in [0.29, 0.717) is 5.41 Å². The molecule has 2 rings (SSSR count). The fourth-order valence-corrected chi connectivity index (χ4v) is 3.98. The van der Waals surface area contributed by atoms with Crippen molar-refractivity contribution in [2.24, 2.45) is 23.0 Å². The van der Waals surface area contributed by atoms with E-state index in [4.69, 9.17) is 5.73 Å². The highest BCUT2D eigenvalue weighted by atomic mass is 14.8. The smallest absolute Gasteiger partial charge is 0.0183 e. The Labute approximate surface area is 108 Å². The highest BCUT2D eigenvalue weighted by Crippen LogP contribution is 2.46. The number of rotatable bonds is 2. The van der Waals surface area contributed by atoms with Crippen molar-refractivity contribution in [3.8, 4) is 0 Å². The summed E-state index contributed by atoms with van der Waals surface area (Å²) >= 11 is 0. The molecule has 2 fully saturated rings. The van der Waals surface area contributed by atoms with Crippen LogP contribution in [0.4, 0.5) is 0 Å². The summed E-state index contributed by atoms with van der Waals surface area (Å²) in [4.78, 5) is 0. The first-order chi connectivity index (χ1) is 7.95. The van der Waals surface area contributed by atoms with Gasteiger partial charge in [-0.05, 0) is 55.8 Å². The van der Waals surface area contributed by atoms with Gasteiger partial charge in [0.1, 0.15) is 0 Å². The van der Waals surface area contributed by atoms with Gasteiger partial charge in [-0.15, -0.1) is 0 Å². The average molecular weight is 237 g/mol. The second-order valence-corrected chi connectivity index (χ2v) is 7.54. The molecule has 2 aliphatic carbocycles. The average Bonchev–Trinajstić information content (AvgIpc) is 2.33. The van der Waals surface area contributed by atoms with Gasteiger partial charge >= 0.3 is 0 Å². The second-order valence-electron chi connectivity index (χ2n) is 7.54. The molecular weight excluding hydrogens is 206 g/mol. The zero-order chi connectivity index (χ0) is 12.5. The molecule has 2 aliphatic rings. The molecule has 17 heavy (non-hydrogen) atoms. The third-order valence-electron chi connectivity index (χ3n) is 5.71. The Balaban J connectivity index is 1.96. The van der Waals surface area contributed by atoms with E-state index in [2.05, 4.69) is 20.8 Å². The monoisotopic (exact) mass is 237 g/mol. The molecule has 0 aliphatic heterocycles. The summed E-state index contributed by atoms with van der Waals surface area (Å²) in [5.74, 6) is 1.78. The van der Waals surface area contributed by atoms with Crippen LogP contribution in [0.3, 0.4) is 0 Å². The van der Waals surface area contributed by atoms with Crippen LogP contribution in [0.5, 0.6) is 0 Å². The molecule has 1 nitrogen and oxygen atoms in total. The fourth-order valence-electron chi connectivity index (χ4n) is 3.98. The Morgan fingerprint density at radius 3 is 2.29 bits per heavy atom. The van der Waals surface area contributed by atoms with Crippen molar-refractivity contribution < 1.29 is 0 Å². The number of hydrogen-bond acceptors (Lipinski definition) is 1. The van der Waals surface area contributed by atoms with E-state index in [-0.39, 0.29) is 5.54 Å². The summed E-state index contributed by atoms with van der Waals surface area (Å²) in [6.07, 6.45) is 12.2. The molecule has 0 radical (unpaired) electrons. The molecule has 2 atom stereocenters. The molecule has 0 aromatic heterocycles. The molecule has 100 valence electrons. The van der Waals surface area contributed by atoms with E-state index in [1.165, 1.54) is 57.8 Å². The molecule has 1 heteroatoms. The zero-order valence-corrected chi connectivity index (χ0v) is 12.1. The summed E-state index contributed by atoms with van der Waals surface area (Å²) in [7, 11) is 0. The SMILES string of the molecule is CCC1CCCC(C2(N)CCC(C)(C)CC2)C1. The van der Waals surface area contributed by atoms with Crippen molar-refractivity contribution in [2.75, 3.05) is 0 Å². The van der Waals surface area contributed by atoms with Crippen molar-refractivity contribution in [2.45, 2.75) is 84.1 Å². The van der Waals surface area contributed by atoms with Crippen molar-refractivity contribution in [1.82, 2.24) is 0 Å². The predicted octanol–water partition coefficient (Wildman–Crippen LogP) is 4.50. The highest BCUT2D eigenvalue weighted by molar-refractivity contribution is 4.98. The molecule has 0 bridgehead atoms. The fraction of sp³-hybridized carbons (Fsp3) is 1.00. The maximum absolute atomic E-state index is 6.77. The lowest BCUT2D eigenvalue weighted by atomic mass is 9.61. The molecule has 0 amide bonds. The third kappa shape index (κ3) is 3.05. The molecule has 0 aromatic rings. The van der Waals surface area contributed by atoms with Crippen molar-refractivity contribution in [3.63, 3.8) is 0 Å². The number of hydrogen-bond donors (Lipinski definition) is 1. The van der Waals surface area contributed by atoms with E-state index >= 15 is 0 Å². The predicted molar refractivity (Wildman–Crippen MR) is 74.9 cm³/mol. The Morgan fingerprint density at radius 2 is 1.71 bits per heavy atom. The molecule has 0 heterocycles. The molecular formula is C16H31N. The van der Waals surface area contributed by atoms with Crippen LogP contribution in [0.15, 0.2) is 0 Å². The van der Waals surface area contributed by atoms with Gasteiger partial charge in [0.15, 0.2) is 0 Å². The number of nitrogens with two attached hydrogens (primary N) is 1. The minimum atomic E-state index is 0.184. The minimum Gasteiger partial charge on any atom is -0.325 e. The Kier molecular flexibility index (Phi) is 3.87. The van der Waals surface area contributed by atoms with Gasteiger partial charge in [0, 0.05) is 5.54 Å². The van der Waals surface area contributed by atoms with Gasteiger partial charge in [-0.1, -0.05) is 40.0 Å². The van der Waals surface area contributed by atoms with Crippen molar-refractivity contribution >= 4 is 0 Å². The first-order valence-corrected chi connectivity index (χ1v) is 7.74. The summed E-state index contributed by atoms with van der Waals surface area (Å²) in [6.45, 7) is 7.16. The van der Waals surface area contributed by atoms with Gasteiger partial charge < -0.3 is 5.73 Å². The molecule has 0 saturated heterocycles. The van der Waals surface area contributed by atoms with Crippen LogP contribution in [-0.4, -0.2) is 5.54 Å². The van der Waals surface area contributed by atoms with E-state index in [0.717, 1.165) is 11.8 Å². The van der Waals surface area contributed by atoms with E-state index in [1.807, 2.05) is 0 Å². The Morgan fingerprint density at radius 1 is 1.06 bits per heavy atom. The van der Waals surface area contributed by atoms with Gasteiger partial charge in [0.25, 0.3) is 0 Å². The maximum atomic E-state index is 6.77. The van der Waals surface area contributed by atoms with E-state index in [1.54, 1.807) is 0 Å². The molecule has 2 saturated carbocycles. The normalized spacial score (nSPS) is 36.7. The highest BCUT2D eigenvalue weighted by Gasteiger charge is 2.42. The second kappa shape index (κ2) is 4.91. The standard InChI is InChI=1S/C16H31N/c1-4-13-6-5-7-14(12-13)16(17)10-8-15(2,3)9-11-16/h13-14H,4-12,17H2,1-3H3. The summed E-state index contributed by atoms with van der Waals surface area (Å²) < 4.78 is 0.